The Morgan fingerprint density at radius 1 is 1.06 bits per heavy atom. The summed E-state index contributed by atoms with van der Waals surface area (Å²) in [6, 6.07) is 10.6. The van der Waals surface area contributed by atoms with Crippen molar-refractivity contribution in [3.05, 3.63) is 65.3 Å². The second-order valence-electron chi connectivity index (χ2n) is 4.10. The van der Waals surface area contributed by atoms with Crippen molar-refractivity contribution < 1.29 is 0 Å². The second-order valence-corrected chi connectivity index (χ2v) is 4.10. The Balaban J connectivity index is 2.01. The van der Waals surface area contributed by atoms with E-state index in [0.29, 0.717) is 0 Å². The van der Waals surface area contributed by atoms with Gasteiger partial charge in [-0.25, -0.2) is 0 Å². The summed E-state index contributed by atoms with van der Waals surface area (Å²) in [5.74, 6) is 0. The molecule has 1 heterocycles. The highest BCUT2D eigenvalue weighted by Gasteiger charge is 2.16. The maximum absolute atomic E-state index is 3.33. The SMILES string of the molecule is CCc1cc[nH]c1C1=Cc2ccccc2[CH]1. The summed E-state index contributed by atoms with van der Waals surface area (Å²) in [5.41, 5.74) is 6.57. The highest BCUT2D eigenvalue weighted by atomic mass is 14.7. The number of rotatable bonds is 2. The molecule has 1 radical (unpaired) electrons. The molecule has 1 aromatic heterocycles. The minimum Gasteiger partial charge on any atom is -0.361 e. The van der Waals surface area contributed by atoms with Crippen LogP contribution in [0, 0.1) is 6.42 Å². The number of aromatic nitrogens is 1. The molecule has 1 N–H and O–H groups in total. The molecule has 3 rings (SSSR count). The largest absolute Gasteiger partial charge is 0.361 e. The fraction of sp³-hybridized carbons (Fsp3) is 0.133. The van der Waals surface area contributed by atoms with Gasteiger partial charge >= 0.3 is 0 Å². The molecule has 0 unspecified atom stereocenters. The van der Waals surface area contributed by atoms with E-state index in [1.807, 2.05) is 6.20 Å². The first-order valence-corrected chi connectivity index (χ1v) is 5.70. The molecular weight excluding hydrogens is 194 g/mol. The number of H-pyrrole nitrogens is 1. The van der Waals surface area contributed by atoms with E-state index in [1.54, 1.807) is 0 Å². The molecule has 1 aromatic carbocycles. The van der Waals surface area contributed by atoms with E-state index in [-0.39, 0.29) is 0 Å². The highest BCUT2D eigenvalue weighted by Crippen LogP contribution is 2.33. The lowest BCUT2D eigenvalue weighted by Gasteiger charge is -2.02. The van der Waals surface area contributed by atoms with E-state index in [2.05, 4.69) is 54.7 Å². The third-order valence-electron chi connectivity index (χ3n) is 3.12. The Morgan fingerprint density at radius 2 is 1.88 bits per heavy atom. The third-order valence-corrected chi connectivity index (χ3v) is 3.12. The average molecular weight is 208 g/mol. The number of benzene rings is 1. The summed E-state index contributed by atoms with van der Waals surface area (Å²) in [6.45, 7) is 2.19. The number of aryl methyl sites for hydroxylation is 1. The zero-order chi connectivity index (χ0) is 11.0. The molecule has 0 atom stereocenters. The van der Waals surface area contributed by atoms with Crippen LogP contribution in [0.2, 0.25) is 0 Å². The number of allylic oxidation sites excluding steroid dienone is 1. The molecular formula is C15H14N. The molecule has 2 aromatic rings. The average Bonchev–Trinajstić information content (AvgIpc) is 2.94. The van der Waals surface area contributed by atoms with Crippen molar-refractivity contribution in [2.75, 3.05) is 0 Å². The van der Waals surface area contributed by atoms with Crippen molar-refractivity contribution in [1.29, 1.82) is 0 Å². The minimum atomic E-state index is 1.07. The van der Waals surface area contributed by atoms with Crippen LogP contribution >= 0.6 is 0 Å². The Hall–Kier alpha value is -1.76. The van der Waals surface area contributed by atoms with Crippen LogP contribution in [-0.4, -0.2) is 4.98 Å². The first-order chi connectivity index (χ1) is 7.88. The first-order valence-electron chi connectivity index (χ1n) is 5.70. The van der Waals surface area contributed by atoms with E-state index in [4.69, 9.17) is 0 Å². The van der Waals surface area contributed by atoms with Crippen molar-refractivity contribution in [3.63, 3.8) is 0 Å². The summed E-state index contributed by atoms with van der Waals surface area (Å²) in [4.78, 5) is 3.33. The van der Waals surface area contributed by atoms with Crippen molar-refractivity contribution in [2.45, 2.75) is 13.3 Å². The monoisotopic (exact) mass is 208 g/mol. The van der Waals surface area contributed by atoms with Gasteiger partial charge in [0.15, 0.2) is 0 Å². The van der Waals surface area contributed by atoms with Gasteiger partial charge in [0.2, 0.25) is 0 Å². The zero-order valence-corrected chi connectivity index (χ0v) is 9.33. The van der Waals surface area contributed by atoms with E-state index >= 15 is 0 Å². The Bertz CT molecular complexity index is 546. The van der Waals surface area contributed by atoms with Crippen LogP contribution in [0.15, 0.2) is 36.5 Å². The standard InChI is InChI=1S/C15H14N/c1-2-11-7-8-16-15(11)14-9-12-5-3-4-6-13(12)10-14/h3-10,16H,2H2,1H3. The summed E-state index contributed by atoms with van der Waals surface area (Å²) in [7, 11) is 0. The van der Waals surface area contributed by atoms with Crippen molar-refractivity contribution in [2.24, 2.45) is 0 Å². The molecule has 1 aliphatic carbocycles. The van der Waals surface area contributed by atoms with Gasteiger partial charge in [-0.2, -0.15) is 0 Å². The predicted octanol–water partition coefficient (Wildman–Crippen LogP) is 3.68. The topological polar surface area (TPSA) is 15.8 Å². The second kappa shape index (κ2) is 3.67. The van der Waals surface area contributed by atoms with Gasteiger partial charge in [-0.1, -0.05) is 31.2 Å². The van der Waals surface area contributed by atoms with E-state index in [9.17, 15) is 0 Å². The van der Waals surface area contributed by atoms with Crippen LogP contribution in [0.5, 0.6) is 0 Å². The smallest absolute Gasteiger partial charge is 0.0452 e. The minimum absolute atomic E-state index is 1.07. The van der Waals surface area contributed by atoms with Gasteiger partial charge in [-0.3, -0.25) is 0 Å². The van der Waals surface area contributed by atoms with Crippen LogP contribution < -0.4 is 0 Å². The van der Waals surface area contributed by atoms with Crippen molar-refractivity contribution >= 4 is 11.6 Å². The quantitative estimate of drug-likeness (QED) is 0.774. The van der Waals surface area contributed by atoms with Crippen molar-refractivity contribution in [1.82, 2.24) is 4.98 Å². The number of aromatic amines is 1. The van der Waals surface area contributed by atoms with Gasteiger partial charge in [0.25, 0.3) is 0 Å². The third kappa shape index (κ3) is 1.40. The summed E-state index contributed by atoms with van der Waals surface area (Å²) < 4.78 is 0. The molecule has 0 spiro atoms. The van der Waals surface area contributed by atoms with Crippen LogP contribution in [-0.2, 0) is 6.42 Å². The molecule has 1 heteroatoms. The number of hydrogen-bond acceptors (Lipinski definition) is 0. The summed E-state index contributed by atoms with van der Waals surface area (Å²) >= 11 is 0. The fourth-order valence-electron chi connectivity index (χ4n) is 2.26. The lowest BCUT2D eigenvalue weighted by atomic mass is 10.0. The number of hydrogen-bond donors (Lipinski definition) is 1. The Kier molecular flexibility index (Phi) is 2.17. The van der Waals surface area contributed by atoms with Crippen LogP contribution in [0.1, 0.15) is 29.3 Å². The highest BCUT2D eigenvalue weighted by molar-refractivity contribution is 5.94. The zero-order valence-electron chi connectivity index (χ0n) is 9.33. The van der Waals surface area contributed by atoms with Crippen LogP contribution in [0.3, 0.4) is 0 Å². The van der Waals surface area contributed by atoms with Gasteiger partial charge in [0, 0.05) is 18.3 Å². The van der Waals surface area contributed by atoms with Gasteiger partial charge in [-0.05, 0) is 40.8 Å². The van der Waals surface area contributed by atoms with Crippen molar-refractivity contribution in [3.8, 4) is 0 Å². The molecule has 0 saturated heterocycles. The number of fused-ring (bicyclic) bond motifs is 1. The normalized spacial score (nSPS) is 13.7. The molecule has 0 saturated carbocycles. The Labute approximate surface area is 95.8 Å². The van der Waals surface area contributed by atoms with E-state index < -0.39 is 0 Å². The Morgan fingerprint density at radius 3 is 2.62 bits per heavy atom. The van der Waals surface area contributed by atoms with E-state index in [1.165, 1.54) is 28.0 Å². The molecule has 0 aliphatic heterocycles. The molecule has 0 bridgehead atoms. The molecule has 0 amide bonds. The molecule has 16 heavy (non-hydrogen) atoms. The van der Waals surface area contributed by atoms with Gasteiger partial charge in [0.1, 0.15) is 0 Å². The molecule has 1 aliphatic rings. The predicted molar refractivity (Wildman–Crippen MR) is 67.9 cm³/mol. The lowest BCUT2D eigenvalue weighted by molar-refractivity contribution is 1.13. The van der Waals surface area contributed by atoms with E-state index in [0.717, 1.165) is 6.42 Å². The maximum Gasteiger partial charge on any atom is 0.0452 e. The van der Waals surface area contributed by atoms with Gasteiger partial charge < -0.3 is 4.98 Å². The fourth-order valence-corrected chi connectivity index (χ4v) is 2.26. The van der Waals surface area contributed by atoms with Crippen LogP contribution in [0.4, 0.5) is 0 Å². The molecule has 79 valence electrons. The summed E-state index contributed by atoms with van der Waals surface area (Å²) in [6.07, 6.45) is 7.59. The van der Waals surface area contributed by atoms with Crippen LogP contribution in [0.25, 0.3) is 11.6 Å². The van der Waals surface area contributed by atoms with Gasteiger partial charge in [-0.15, -0.1) is 0 Å². The molecule has 1 nitrogen and oxygen atoms in total. The maximum atomic E-state index is 3.33. The van der Waals surface area contributed by atoms with Gasteiger partial charge in [0.05, 0.1) is 0 Å². The number of nitrogens with one attached hydrogen (secondary N) is 1. The summed E-state index contributed by atoms with van der Waals surface area (Å²) in [5, 5.41) is 0. The molecule has 0 fully saturated rings. The lowest BCUT2D eigenvalue weighted by Crippen LogP contribution is -1.88. The first kappa shape index (κ1) is 9.46.